The highest BCUT2D eigenvalue weighted by Crippen LogP contribution is 2.25. The zero-order valence-electron chi connectivity index (χ0n) is 16.2. The molecule has 6 heteroatoms. The molecule has 4 rings (SSSR count). The fourth-order valence-electron chi connectivity index (χ4n) is 3.70. The number of hydrogen-bond acceptors (Lipinski definition) is 5. The van der Waals surface area contributed by atoms with Gasteiger partial charge in [-0.15, -0.1) is 0 Å². The Labute approximate surface area is 165 Å². The number of para-hydroxylation sites is 3. The highest BCUT2D eigenvalue weighted by molar-refractivity contribution is 5.76. The molecule has 0 bridgehead atoms. The van der Waals surface area contributed by atoms with Gasteiger partial charge in [0.15, 0.2) is 11.9 Å². The maximum absolute atomic E-state index is 10.8. The fourth-order valence-corrected chi connectivity index (χ4v) is 3.70. The van der Waals surface area contributed by atoms with Crippen molar-refractivity contribution in [2.24, 2.45) is 0 Å². The SMILES string of the molecule is CC(Oc1ccccc1)c1nc2ccccc2n1CC(O)CN1CCOCC1. The Hall–Kier alpha value is -2.41. The molecular formula is C22H27N3O3. The van der Waals surface area contributed by atoms with Crippen LogP contribution >= 0.6 is 0 Å². The minimum atomic E-state index is -0.488. The van der Waals surface area contributed by atoms with Gasteiger partial charge >= 0.3 is 0 Å². The molecule has 0 spiro atoms. The van der Waals surface area contributed by atoms with Crippen LogP contribution in [0.5, 0.6) is 5.75 Å². The molecule has 2 aromatic carbocycles. The van der Waals surface area contributed by atoms with Gasteiger partial charge in [0.05, 0.1) is 36.9 Å². The fraction of sp³-hybridized carbons (Fsp3) is 0.409. The molecule has 0 amide bonds. The summed E-state index contributed by atoms with van der Waals surface area (Å²) < 4.78 is 13.6. The Kier molecular flexibility index (Phi) is 5.90. The highest BCUT2D eigenvalue weighted by atomic mass is 16.5. The van der Waals surface area contributed by atoms with Crippen molar-refractivity contribution >= 4 is 11.0 Å². The zero-order valence-corrected chi connectivity index (χ0v) is 16.2. The predicted octanol–water partition coefficient (Wildman–Crippen LogP) is 2.87. The van der Waals surface area contributed by atoms with Crippen molar-refractivity contribution in [1.29, 1.82) is 0 Å². The van der Waals surface area contributed by atoms with Crippen LogP contribution in [-0.4, -0.2) is 58.5 Å². The summed E-state index contributed by atoms with van der Waals surface area (Å²) in [5, 5.41) is 10.8. The standard InChI is InChI=1S/C22H27N3O3/c1-17(28-19-7-3-2-4-8-19)22-23-20-9-5-6-10-21(20)25(22)16-18(26)15-24-11-13-27-14-12-24/h2-10,17-18,26H,11-16H2,1H3. The number of ether oxygens (including phenoxy) is 2. The molecule has 0 radical (unpaired) electrons. The van der Waals surface area contributed by atoms with E-state index >= 15 is 0 Å². The molecule has 2 unspecified atom stereocenters. The smallest absolute Gasteiger partial charge is 0.153 e. The van der Waals surface area contributed by atoms with Crippen molar-refractivity contribution in [3.8, 4) is 5.75 Å². The van der Waals surface area contributed by atoms with E-state index in [0.29, 0.717) is 13.1 Å². The van der Waals surface area contributed by atoms with Gasteiger partial charge in [0.2, 0.25) is 0 Å². The lowest BCUT2D eigenvalue weighted by molar-refractivity contribution is 0.0113. The molecule has 1 aromatic heterocycles. The van der Waals surface area contributed by atoms with E-state index < -0.39 is 6.10 Å². The Balaban J connectivity index is 1.56. The van der Waals surface area contributed by atoms with Gasteiger partial charge in [-0.05, 0) is 31.2 Å². The van der Waals surface area contributed by atoms with Gasteiger partial charge in [0, 0.05) is 19.6 Å². The third-order valence-electron chi connectivity index (χ3n) is 5.07. The lowest BCUT2D eigenvalue weighted by Crippen LogP contribution is -2.42. The van der Waals surface area contributed by atoms with Crippen LogP contribution in [-0.2, 0) is 11.3 Å². The summed E-state index contributed by atoms with van der Waals surface area (Å²) >= 11 is 0. The van der Waals surface area contributed by atoms with Crippen LogP contribution < -0.4 is 4.74 Å². The Bertz CT molecular complexity index is 890. The molecule has 0 aliphatic carbocycles. The molecule has 1 saturated heterocycles. The highest BCUT2D eigenvalue weighted by Gasteiger charge is 2.21. The third-order valence-corrected chi connectivity index (χ3v) is 5.07. The van der Waals surface area contributed by atoms with Crippen LogP contribution in [0, 0.1) is 0 Å². The van der Waals surface area contributed by atoms with Gasteiger partial charge < -0.3 is 19.1 Å². The van der Waals surface area contributed by atoms with Gasteiger partial charge in [-0.3, -0.25) is 4.90 Å². The molecule has 1 aliphatic heterocycles. The van der Waals surface area contributed by atoms with Crippen molar-refractivity contribution in [2.45, 2.75) is 25.7 Å². The van der Waals surface area contributed by atoms with Crippen molar-refractivity contribution in [3.63, 3.8) is 0 Å². The quantitative estimate of drug-likeness (QED) is 0.682. The number of rotatable bonds is 7. The zero-order chi connectivity index (χ0) is 19.3. The summed E-state index contributed by atoms with van der Waals surface area (Å²) in [6.45, 7) is 6.30. The molecule has 28 heavy (non-hydrogen) atoms. The Morgan fingerprint density at radius 2 is 1.75 bits per heavy atom. The number of aromatic nitrogens is 2. The molecule has 2 atom stereocenters. The number of fused-ring (bicyclic) bond motifs is 1. The second-order valence-corrected chi connectivity index (χ2v) is 7.21. The van der Waals surface area contributed by atoms with Crippen molar-refractivity contribution in [1.82, 2.24) is 14.5 Å². The van der Waals surface area contributed by atoms with E-state index in [4.69, 9.17) is 14.5 Å². The number of imidazole rings is 1. The largest absolute Gasteiger partial charge is 0.483 e. The molecule has 0 saturated carbocycles. The van der Waals surface area contributed by atoms with Crippen molar-refractivity contribution in [2.75, 3.05) is 32.8 Å². The molecule has 3 aromatic rings. The number of hydrogen-bond donors (Lipinski definition) is 1. The van der Waals surface area contributed by atoms with Crippen LogP contribution in [0.1, 0.15) is 18.9 Å². The molecule has 6 nitrogen and oxygen atoms in total. The predicted molar refractivity (Wildman–Crippen MR) is 108 cm³/mol. The average Bonchev–Trinajstić information content (AvgIpc) is 3.08. The lowest BCUT2D eigenvalue weighted by Gasteiger charge is -2.29. The van der Waals surface area contributed by atoms with E-state index in [1.165, 1.54) is 0 Å². The third kappa shape index (κ3) is 4.35. The van der Waals surface area contributed by atoms with E-state index in [0.717, 1.165) is 48.9 Å². The second kappa shape index (κ2) is 8.73. The molecule has 1 N–H and O–H groups in total. The van der Waals surface area contributed by atoms with Gasteiger partial charge in [0.1, 0.15) is 5.75 Å². The average molecular weight is 381 g/mol. The van der Waals surface area contributed by atoms with E-state index in [9.17, 15) is 5.11 Å². The van der Waals surface area contributed by atoms with Crippen LogP contribution in [0.15, 0.2) is 54.6 Å². The first-order valence-electron chi connectivity index (χ1n) is 9.86. The van der Waals surface area contributed by atoms with E-state index in [2.05, 4.69) is 9.47 Å². The normalized spacial score (nSPS) is 17.5. The Morgan fingerprint density at radius 3 is 2.54 bits per heavy atom. The monoisotopic (exact) mass is 381 g/mol. The molecule has 148 valence electrons. The van der Waals surface area contributed by atoms with Crippen LogP contribution in [0.4, 0.5) is 0 Å². The number of morpholine rings is 1. The van der Waals surface area contributed by atoms with Gasteiger partial charge in [-0.1, -0.05) is 30.3 Å². The van der Waals surface area contributed by atoms with E-state index in [1.807, 2.05) is 61.5 Å². The molecule has 2 heterocycles. The summed E-state index contributed by atoms with van der Waals surface area (Å²) in [6, 6.07) is 17.8. The summed E-state index contributed by atoms with van der Waals surface area (Å²) in [5.74, 6) is 1.63. The first-order valence-corrected chi connectivity index (χ1v) is 9.86. The Morgan fingerprint density at radius 1 is 1.04 bits per heavy atom. The number of benzene rings is 2. The maximum atomic E-state index is 10.8. The lowest BCUT2D eigenvalue weighted by atomic mass is 10.2. The van der Waals surface area contributed by atoms with Crippen LogP contribution in [0.25, 0.3) is 11.0 Å². The van der Waals surface area contributed by atoms with Gasteiger partial charge in [0.25, 0.3) is 0 Å². The number of aliphatic hydroxyl groups excluding tert-OH is 1. The van der Waals surface area contributed by atoms with E-state index in [1.54, 1.807) is 0 Å². The topological polar surface area (TPSA) is 59.8 Å². The van der Waals surface area contributed by atoms with E-state index in [-0.39, 0.29) is 6.10 Å². The summed E-state index contributed by atoms with van der Waals surface area (Å²) in [6.07, 6.45) is -0.719. The summed E-state index contributed by atoms with van der Waals surface area (Å²) in [4.78, 5) is 7.05. The first kappa shape index (κ1) is 18.9. The molecular weight excluding hydrogens is 354 g/mol. The summed E-state index contributed by atoms with van der Waals surface area (Å²) in [7, 11) is 0. The van der Waals surface area contributed by atoms with Crippen LogP contribution in [0.3, 0.4) is 0 Å². The van der Waals surface area contributed by atoms with Gasteiger partial charge in [-0.2, -0.15) is 0 Å². The number of nitrogens with zero attached hydrogens (tertiary/aromatic N) is 3. The summed E-state index contributed by atoms with van der Waals surface area (Å²) in [5.41, 5.74) is 1.93. The molecule has 1 fully saturated rings. The van der Waals surface area contributed by atoms with Crippen molar-refractivity contribution < 1.29 is 14.6 Å². The second-order valence-electron chi connectivity index (χ2n) is 7.21. The minimum absolute atomic E-state index is 0.231. The minimum Gasteiger partial charge on any atom is -0.483 e. The first-order chi connectivity index (χ1) is 13.7. The van der Waals surface area contributed by atoms with Gasteiger partial charge in [-0.25, -0.2) is 4.98 Å². The van der Waals surface area contributed by atoms with Crippen LogP contribution in [0.2, 0.25) is 0 Å². The number of aliphatic hydroxyl groups is 1. The van der Waals surface area contributed by atoms with Crippen molar-refractivity contribution in [3.05, 3.63) is 60.4 Å². The molecule has 1 aliphatic rings. The maximum Gasteiger partial charge on any atom is 0.153 e. The number of β-amino-alcohol motifs (C(OH)–C–C–N with tert-alkyl or cyclic N) is 1.